The minimum atomic E-state index is 0. The standard InChI is InChI=1S/C9H15N2.ClH/c1-11(2,10)8-9-6-4-3-5-7-9;/h3-7H,8,10H2,1-2H3;1H/q+1;/p-1. The van der Waals surface area contributed by atoms with Crippen molar-refractivity contribution in [2.45, 2.75) is 6.54 Å². The highest BCUT2D eigenvalue weighted by Crippen LogP contribution is 2.03. The van der Waals surface area contributed by atoms with Crippen molar-refractivity contribution >= 4 is 0 Å². The molecular formula is C9H15ClN2. The molecule has 0 aliphatic heterocycles. The molecule has 0 radical (unpaired) electrons. The lowest BCUT2D eigenvalue weighted by atomic mass is 10.2. The second-order valence-corrected chi connectivity index (χ2v) is 3.42. The average molecular weight is 187 g/mol. The van der Waals surface area contributed by atoms with Crippen molar-refractivity contribution in [2.75, 3.05) is 14.1 Å². The van der Waals surface area contributed by atoms with Crippen molar-refractivity contribution in [3.8, 4) is 0 Å². The van der Waals surface area contributed by atoms with Gasteiger partial charge in [-0.2, -0.15) is 5.84 Å². The van der Waals surface area contributed by atoms with Crippen LogP contribution in [0.15, 0.2) is 30.3 Å². The summed E-state index contributed by atoms with van der Waals surface area (Å²) in [6, 6.07) is 10.3. The zero-order chi connectivity index (χ0) is 8.32. The Bertz CT molecular complexity index is 216. The fourth-order valence-corrected chi connectivity index (χ4v) is 1.05. The van der Waals surface area contributed by atoms with Crippen LogP contribution in [0.2, 0.25) is 0 Å². The van der Waals surface area contributed by atoms with Crippen molar-refractivity contribution in [2.24, 2.45) is 5.84 Å². The molecular weight excluding hydrogens is 172 g/mol. The van der Waals surface area contributed by atoms with Crippen molar-refractivity contribution in [3.63, 3.8) is 0 Å². The third kappa shape index (κ3) is 4.34. The molecule has 1 rings (SSSR count). The number of hydrogen-bond donors (Lipinski definition) is 1. The van der Waals surface area contributed by atoms with Crippen molar-refractivity contribution in [1.82, 2.24) is 0 Å². The molecule has 0 aliphatic rings. The van der Waals surface area contributed by atoms with Crippen LogP contribution in [-0.4, -0.2) is 18.7 Å². The molecule has 0 fully saturated rings. The summed E-state index contributed by atoms with van der Waals surface area (Å²) in [6.45, 7) is 0.876. The molecule has 68 valence electrons. The Hall–Kier alpha value is -0.570. The number of nitrogens with two attached hydrogens (primary N) is 1. The molecule has 0 bridgehead atoms. The fourth-order valence-electron chi connectivity index (χ4n) is 1.05. The molecule has 0 spiro atoms. The summed E-state index contributed by atoms with van der Waals surface area (Å²) >= 11 is 0. The second kappa shape index (κ2) is 4.45. The molecule has 0 amide bonds. The van der Waals surface area contributed by atoms with Gasteiger partial charge in [0.25, 0.3) is 0 Å². The smallest absolute Gasteiger partial charge is 0.121 e. The first-order valence-corrected chi connectivity index (χ1v) is 3.73. The minimum Gasteiger partial charge on any atom is -1.00 e. The van der Waals surface area contributed by atoms with Crippen LogP contribution in [0.4, 0.5) is 0 Å². The van der Waals surface area contributed by atoms with Crippen LogP contribution in [0.1, 0.15) is 5.56 Å². The van der Waals surface area contributed by atoms with Gasteiger partial charge in [-0.05, 0) is 0 Å². The molecule has 0 aromatic heterocycles. The summed E-state index contributed by atoms with van der Waals surface area (Å²) in [5.41, 5.74) is 1.28. The van der Waals surface area contributed by atoms with Gasteiger partial charge < -0.3 is 12.4 Å². The summed E-state index contributed by atoms with van der Waals surface area (Å²) in [4.78, 5) is 0. The van der Waals surface area contributed by atoms with E-state index in [4.69, 9.17) is 5.84 Å². The number of rotatable bonds is 2. The second-order valence-electron chi connectivity index (χ2n) is 3.42. The maximum Gasteiger partial charge on any atom is 0.121 e. The molecule has 2 N–H and O–H groups in total. The maximum absolute atomic E-state index is 5.80. The van der Waals surface area contributed by atoms with Crippen LogP contribution in [0.3, 0.4) is 0 Å². The summed E-state index contributed by atoms with van der Waals surface area (Å²) in [5, 5.41) is 0. The van der Waals surface area contributed by atoms with Crippen molar-refractivity contribution in [1.29, 1.82) is 0 Å². The molecule has 2 nitrogen and oxygen atoms in total. The number of benzene rings is 1. The van der Waals surface area contributed by atoms with Gasteiger partial charge in [0.05, 0.1) is 14.1 Å². The van der Waals surface area contributed by atoms with Crippen LogP contribution in [0.5, 0.6) is 0 Å². The Morgan fingerprint density at radius 3 is 2.08 bits per heavy atom. The van der Waals surface area contributed by atoms with Crippen LogP contribution < -0.4 is 18.2 Å². The molecule has 1 aromatic rings. The topological polar surface area (TPSA) is 26.0 Å². The van der Waals surface area contributed by atoms with Crippen LogP contribution in [-0.2, 0) is 6.54 Å². The third-order valence-corrected chi connectivity index (χ3v) is 1.43. The van der Waals surface area contributed by atoms with Crippen LogP contribution >= 0.6 is 0 Å². The van der Waals surface area contributed by atoms with Gasteiger partial charge >= 0.3 is 0 Å². The highest BCUT2D eigenvalue weighted by atomic mass is 35.5. The molecule has 1 aromatic carbocycles. The number of halogens is 1. The van der Waals surface area contributed by atoms with E-state index in [9.17, 15) is 0 Å². The average Bonchev–Trinajstić information content (AvgIpc) is 1.85. The Morgan fingerprint density at radius 1 is 1.17 bits per heavy atom. The summed E-state index contributed by atoms with van der Waals surface area (Å²) in [7, 11) is 3.96. The van der Waals surface area contributed by atoms with E-state index in [-0.39, 0.29) is 12.4 Å². The number of hydrogen-bond acceptors (Lipinski definition) is 1. The van der Waals surface area contributed by atoms with E-state index in [0.717, 1.165) is 6.54 Å². The summed E-state index contributed by atoms with van der Waals surface area (Å²) in [6.07, 6.45) is 0. The third-order valence-electron chi connectivity index (χ3n) is 1.43. The van der Waals surface area contributed by atoms with Crippen LogP contribution in [0, 0.1) is 0 Å². The normalized spacial score (nSPS) is 10.6. The van der Waals surface area contributed by atoms with Gasteiger partial charge in [0.15, 0.2) is 0 Å². The van der Waals surface area contributed by atoms with Crippen molar-refractivity contribution in [3.05, 3.63) is 35.9 Å². The zero-order valence-corrected chi connectivity index (χ0v) is 8.25. The van der Waals surface area contributed by atoms with Gasteiger partial charge in [-0.15, -0.1) is 0 Å². The minimum absolute atomic E-state index is 0. The first-order chi connectivity index (χ1) is 5.08. The Balaban J connectivity index is 0.00000121. The zero-order valence-electron chi connectivity index (χ0n) is 7.50. The van der Waals surface area contributed by atoms with E-state index >= 15 is 0 Å². The quantitative estimate of drug-likeness (QED) is 0.327. The summed E-state index contributed by atoms with van der Waals surface area (Å²) < 4.78 is 0.490. The molecule has 0 saturated heterocycles. The van der Waals surface area contributed by atoms with E-state index in [1.165, 1.54) is 5.56 Å². The van der Waals surface area contributed by atoms with Crippen molar-refractivity contribution < 1.29 is 17.0 Å². The van der Waals surface area contributed by atoms with Gasteiger partial charge in [-0.3, -0.25) is 0 Å². The van der Waals surface area contributed by atoms with E-state index < -0.39 is 0 Å². The van der Waals surface area contributed by atoms with Crippen LogP contribution in [0.25, 0.3) is 0 Å². The predicted octanol–water partition coefficient (Wildman–Crippen LogP) is -1.86. The van der Waals surface area contributed by atoms with E-state index in [1.54, 1.807) is 0 Å². The summed E-state index contributed by atoms with van der Waals surface area (Å²) in [5.74, 6) is 5.80. The Morgan fingerprint density at radius 2 is 1.67 bits per heavy atom. The Labute approximate surface area is 80.0 Å². The molecule has 3 heteroatoms. The molecule has 0 saturated carbocycles. The van der Waals surface area contributed by atoms with Gasteiger partial charge in [0.1, 0.15) is 6.54 Å². The Kier molecular flexibility index (Phi) is 4.24. The highest BCUT2D eigenvalue weighted by molar-refractivity contribution is 5.13. The van der Waals surface area contributed by atoms with Gasteiger partial charge in [0, 0.05) is 5.56 Å². The van der Waals surface area contributed by atoms with E-state index in [0.29, 0.717) is 4.59 Å². The molecule has 0 unspecified atom stereocenters. The molecule has 12 heavy (non-hydrogen) atoms. The monoisotopic (exact) mass is 186 g/mol. The fraction of sp³-hybridized carbons (Fsp3) is 0.333. The van der Waals surface area contributed by atoms with Gasteiger partial charge in [-0.25, -0.2) is 4.59 Å². The lowest BCUT2D eigenvalue weighted by Gasteiger charge is -2.21. The van der Waals surface area contributed by atoms with E-state index in [2.05, 4.69) is 12.1 Å². The van der Waals surface area contributed by atoms with Gasteiger partial charge in [0.2, 0.25) is 0 Å². The largest absolute Gasteiger partial charge is 1.00 e. The number of nitrogens with zero attached hydrogens (tertiary/aromatic N) is 1. The first-order valence-electron chi connectivity index (χ1n) is 3.73. The SMILES string of the molecule is C[N+](C)(N)Cc1ccccc1.[Cl-]. The molecule has 0 aliphatic carbocycles. The van der Waals surface area contributed by atoms with E-state index in [1.807, 2.05) is 32.3 Å². The predicted molar refractivity (Wildman–Crippen MR) is 46.4 cm³/mol. The molecule has 0 atom stereocenters. The maximum atomic E-state index is 5.80. The van der Waals surface area contributed by atoms with Gasteiger partial charge in [-0.1, -0.05) is 30.3 Å². The molecule has 0 heterocycles. The lowest BCUT2D eigenvalue weighted by molar-refractivity contribution is -0.915. The number of quaternary nitrogens is 1. The lowest BCUT2D eigenvalue weighted by Crippen LogP contribution is -3.00. The first kappa shape index (κ1) is 11.4. The highest BCUT2D eigenvalue weighted by Gasteiger charge is 2.07.